The Morgan fingerprint density at radius 1 is 0.600 bits per heavy atom. The quantitative estimate of drug-likeness (QED) is 0.0394. The van der Waals surface area contributed by atoms with Crippen LogP contribution in [0.1, 0.15) is 6.42 Å². The Kier molecular flexibility index (Phi) is 19.3. The lowest BCUT2D eigenvalue weighted by Crippen LogP contribution is -2.59. The molecule has 0 aliphatic rings. The van der Waals surface area contributed by atoms with Crippen LogP contribution < -0.4 is 43.8 Å². The Labute approximate surface area is 266 Å². The lowest BCUT2D eigenvalue weighted by molar-refractivity contribution is -0.154. The number of hydrogen-bond donors (Lipinski definition) is 14. The summed E-state index contributed by atoms with van der Waals surface area (Å²) in [6, 6.07) is -11.2. The highest BCUT2D eigenvalue weighted by molar-refractivity contribution is 7.80. The molecule has 45 heavy (non-hydrogen) atoms. The van der Waals surface area contributed by atoms with Crippen LogP contribution in [0.25, 0.3) is 0 Å². The van der Waals surface area contributed by atoms with Gasteiger partial charge in [-0.05, 0) is 0 Å². The first-order valence-electron chi connectivity index (χ1n) is 12.8. The van der Waals surface area contributed by atoms with Crippen LogP contribution in [0.5, 0.6) is 0 Å². The SMILES string of the molecule is NC(=O)C[C@H](NC(=O)[C@H](CO)NC(=O)[C@H](CO)NC(=O)[C@@H](N)CS)C(=O)OC[C@H](NC(=O)[C@H](CO)NC(=O)[C@@H](N)CS)C(=O)O. The van der Waals surface area contributed by atoms with Crippen molar-refractivity contribution in [3.8, 4) is 0 Å². The van der Waals surface area contributed by atoms with Crippen molar-refractivity contribution in [2.45, 2.75) is 48.7 Å². The number of primary amides is 1. The lowest BCUT2D eigenvalue weighted by atomic mass is 10.1. The first-order valence-corrected chi connectivity index (χ1v) is 14.1. The molecule has 0 heterocycles. The van der Waals surface area contributed by atoms with E-state index in [0.717, 1.165) is 0 Å². The molecule has 0 radical (unpaired) electrons. The lowest BCUT2D eigenvalue weighted by Gasteiger charge is -2.24. The number of carboxylic acids is 1. The molecule has 0 saturated carbocycles. The van der Waals surface area contributed by atoms with E-state index in [1.807, 2.05) is 16.0 Å². The fraction of sp³-hybridized carbons (Fsp3) is 0.636. The number of aliphatic hydroxyl groups is 3. The van der Waals surface area contributed by atoms with Crippen LogP contribution in [0.3, 0.4) is 0 Å². The smallest absolute Gasteiger partial charge is 0.329 e. The Morgan fingerprint density at radius 2 is 0.933 bits per heavy atom. The molecule has 15 N–H and O–H groups in total. The summed E-state index contributed by atoms with van der Waals surface area (Å²) in [7, 11) is 0. The first-order chi connectivity index (χ1) is 21.1. The summed E-state index contributed by atoms with van der Waals surface area (Å²) in [6.45, 7) is -4.07. The second-order valence-electron chi connectivity index (χ2n) is 9.07. The molecular weight excluding hydrogens is 648 g/mol. The van der Waals surface area contributed by atoms with Gasteiger partial charge < -0.3 is 68.9 Å². The van der Waals surface area contributed by atoms with Crippen LogP contribution in [-0.2, 0) is 43.1 Å². The van der Waals surface area contributed by atoms with Crippen molar-refractivity contribution < 1.29 is 63.5 Å². The molecule has 0 aromatic heterocycles. The third-order valence-electron chi connectivity index (χ3n) is 5.53. The fourth-order valence-corrected chi connectivity index (χ4v) is 3.29. The minimum atomic E-state index is -1.96. The minimum Gasteiger partial charge on any atom is -0.480 e. The molecule has 0 aliphatic carbocycles. The first kappa shape index (κ1) is 41.3. The Bertz CT molecular complexity index is 1090. The van der Waals surface area contributed by atoms with Crippen LogP contribution >= 0.6 is 25.3 Å². The number of nitrogens with two attached hydrogens (primary N) is 3. The van der Waals surface area contributed by atoms with Crippen LogP contribution in [-0.4, -0.2) is 148 Å². The summed E-state index contributed by atoms with van der Waals surface area (Å²) in [4.78, 5) is 97.2. The topological polar surface area (TPSA) is 365 Å². The Hall–Kier alpha value is -3.74. The monoisotopic (exact) mass is 686 g/mol. The molecule has 21 nitrogen and oxygen atoms in total. The van der Waals surface area contributed by atoms with Crippen LogP contribution in [0.15, 0.2) is 0 Å². The van der Waals surface area contributed by atoms with E-state index in [2.05, 4.69) is 35.9 Å². The standard InChI is InChI=1S/C22H38N8O13S2/c23-8(6-44)16(35)27-11(2-31)19(38)29-13(4-33)18(37)26-10(1-15(25)34)22(42)43-5-14(21(40)41)30-20(39)12(3-32)28-17(36)9(24)7-45/h8-14,31-33,44-45H,1-7,23-24H2,(H2,25,34)(H,26,37)(H,27,35)(H,28,36)(H,29,38)(H,30,39)(H,40,41)/t8-,9-,10-,11-,12-,13-,14-/m0/s1. The van der Waals surface area contributed by atoms with Gasteiger partial charge in [-0.3, -0.25) is 28.8 Å². The van der Waals surface area contributed by atoms with Crippen LogP contribution in [0, 0.1) is 0 Å². The van der Waals surface area contributed by atoms with Gasteiger partial charge >= 0.3 is 11.9 Å². The van der Waals surface area contributed by atoms with E-state index in [-0.39, 0.29) is 11.5 Å². The number of esters is 1. The molecule has 256 valence electrons. The molecule has 0 rings (SSSR count). The van der Waals surface area contributed by atoms with Crippen molar-refractivity contribution in [2.24, 2.45) is 17.2 Å². The van der Waals surface area contributed by atoms with Gasteiger partial charge in [-0.2, -0.15) is 25.3 Å². The third-order valence-corrected chi connectivity index (χ3v) is 6.31. The van der Waals surface area contributed by atoms with E-state index in [1.165, 1.54) is 0 Å². The van der Waals surface area contributed by atoms with Gasteiger partial charge in [0.25, 0.3) is 0 Å². The number of carboxylic acid groups (broad SMARTS) is 1. The van der Waals surface area contributed by atoms with E-state index in [4.69, 9.17) is 21.9 Å². The average Bonchev–Trinajstić information content (AvgIpc) is 3.00. The maximum absolute atomic E-state index is 12.7. The zero-order valence-electron chi connectivity index (χ0n) is 23.6. The van der Waals surface area contributed by atoms with Crippen molar-refractivity contribution in [1.29, 1.82) is 0 Å². The van der Waals surface area contributed by atoms with E-state index < -0.39 is 123 Å². The maximum Gasteiger partial charge on any atom is 0.329 e. The van der Waals surface area contributed by atoms with Gasteiger partial charge in [0.15, 0.2) is 6.04 Å². The van der Waals surface area contributed by atoms with Gasteiger partial charge in [0.2, 0.25) is 35.4 Å². The van der Waals surface area contributed by atoms with E-state index >= 15 is 0 Å². The number of nitrogens with one attached hydrogen (secondary N) is 5. The number of carbonyl (C=O) groups is 8. The van der Waals surface area contributed by atoms with Crippen molar-refractivity contribution in [3.63, 3.8) is 0 Å². The minimum absolute atomic E-state index is 0.0997. The molecule has 23 heteroatoms. The van der Waals surface area contributed by atoms with Crippen LogP contribution in [0.4, 0.5) is 0 Å². The fourth-order valence-electron chi connectivity index (χ4n) is 2.96. The summed E-state index contributed by atoms with van der Waals surface area (Å²) in [6.07, 6.45) is -0.901. The van der Waals surface area contributed by atoms with Crippen molar-refractivity contribution >= 4 is 72.6 Å². The number of carbonyl (C=O) groups excluding carboxylic acids is 7. The second-order valence-corrected chi connectivity index (χ2v) is 9.80. The number of aliphatic carboxylic acids is 1. The molecule has 0 aromatic rings. The zero-order chi connectivity index (χ0) is 34.9. The van der Waals surface area contributed by atoms with E-state index in [1.54, 1.807) is 0 Å². The molecule has 0 fully saturated rings. The zero-order valence-corrected chi connectivity index (χ0v) is 25.4. The highest BCUT2D eigenvalue weighted by Crippen LogP contribution is 2.01. The average molecular weight is 687 g/mol. The summed E-state index contributed by atoms with van der Waals surface area (Å²) >= 11 is 7.65. The van der Waals surface area contributed by atoms with Crippen LogP contribution in [0.2, 0.25) is 0 Å². The van der Waals surface area contributed by atoms with Crippen molar-refractivity contribution in [3.05, 3.63) is 0 Å². The van der Waals surface area contributed by atoms with Crippen molar-refractivity contribution in [1.82, 2.24) is 26.6 Å². The molecular formula is C22H38N8O13S2. The predicted molar refractivity (Wildman–Crippen MR) is 157 cm³/mol. The van der Waals surface area contributed by atoms with Gasteiger partial charge in [0.05, 0.1) is 38.3 Å². The predicted octanol–water partition coefficient (Wildman–Crippen LogP) is -8.60. The second kappa shape index (κ2) is 21.1. The summed E-state index contributed by atoms with van der Waals surface area (Å²) in [5.74, 6) is -9.88. The highest BCUT2D eigenvalue weighted by Gasteiger charge is 2.33. The number of ether oxygens (including phenoxy) is 1. The largest absolute Gasteiger partial charge is 0.480 e. The number of thiol groups is 2. The normalized spacial score (nSPS) is 15.4. The molecule has 0 unspecified atom stereocenters. The summed E-state index contributed by atoms with van der Waals surface area (Å²) in [5, 5.41) is 48.0. The number of rotatable bonds is 21. The molecule has 6 amide bonds. The van der Waals surface area contributed by atoms with E-state index in [0.29, 0.717) is 0 Å². The number of hydrogen-bond acceptors (Lipinski definition) is 16. The molecule has 0 saturated heterocycles. The number of aliphatic hydroxyl groups excluding tert-OH is 3. The van der Waals surface area contributed by atoms with Crippen molar-refractivity contribution in [2.75, 3.05) is 37.9 Å². The molecule has 0 bridgehead atoms. The van der Waals surface area contributed by atoms with Gasteiger partial charge in [0, 0.05) is 11.5 Å². The highest BCUT2D eigenvalue weighted by atomic mass is 32.1. The molecule has 0 spiro atoms. The van der Waals surface area contributed by atoms with Gasteiger partial charge in [-0.1, -0.05) is 0 Å². The van der Waals surface area contributed by atoms with Gasteiger partial charge in [-0.25, -0.2) is 9.59 Å². The summed E-state index contributed by atoms with van der Waals surface area (Å²) < 4.78 is 4.82. The van der Waals surface area contributed by atoms with Gasteiger partial charge in [0.1, 0.15) is 30.8 Å². The number of amides is 6. The molecule has 0 aromatic carbocycles. The molecule has 7 atom stereocenters. The van der Waals surface area contributed by atoms with E-state index in [9.17, 15) is 58.8 Å². The Morgan fingerprint density at radius 3 is 1.24 bits per heavy atom. The Balaban J connectivity index is 5.52. The third kappa shape index (κ3) is 14.7. The maximum atomic E-state index is 12.7. The van der Waals surface area contributed by atoms with Gasteiger partial charge in [-0.15, -0.1) is 0 Å². The summed E-state index contributed by atoms with van der Waals surface area (Å²) in [5.41, 5.74) is 16.1. The molecule has 0 aliphatic heterocycles.